The molecule has 0 unspecified atom stereocenters. The van der Waals surface area contributed by atoms with Gasteiger partial charge in [-0.05, 0) is 34.4 Å². The molecule has 0 radical (unpaired) electrons. The maximum Gasteiger partial charge on any atom is 0.407 e. The number of carbonyl (C=O) groups excluding carboxylic acids is 1. The van der Waals surface area contributed by atoms with E-state index in [1.165, 1.54) is 6.26 Å². The van der Waals surface area contributed by atoms with Gasteiger partial charge in [-0.15, -0.1) is 0 Å². The van der Waals surface area contributed by atoms with Gasteiger partial charge in [0.2, 0.25) is 6.54 Å². The topological polar surface area (TPSA) is 94.6 Å². The van der Waals surface area contributed by atoms with E-state index in [9.17, 15) is 14.9 Å². The molecule has 0 fully saturated rings. The van der Waals surface area contributed by atoms with Crippen molar-refractivity contribution < 1.29 is 18.9 Å². The summed E-state index contributed by atoms with van der Waals surface area (Å²) in [7, 11) is 0. The molecule has 28 heavy (non-hydrogen) atoms. The van der Waals surface area contributed by atoms with Gasteiger partial charge >= 0.3 is 6.09 Å². The third-order valence-corrected chi connectivity index (χ3v) is 4.85. The fourth-order valence-electron chi connectivity index (χ4n) is 3.63. The number of nitrogens with zero attached hydrogens (tertiary/aromatic N) is 1. The second kappa shape index (κ2) is 7.56. The number of carbonyl (C=O) groups is 1. The molecule has 0 saturated carbocycles. The fraction of sp³-hybridized carbons (Fsp3) is 0.190. The summed E-state index contributed by atoms with van der Waals surface area (Å²) in [6.45, 7) is -0.346. The molecule has 1 amide bonds. The zero-order chi connectivity index (χ0) is 19.5. The van der Waals surface area contributed by atoms with Gasteiger partial charge in [-0.1, -0.05) is 48.5 Å². The van der Waals surface area contributed by atoms with E-state index in [2.05, 4.69) is 17.4 Å². The highest BCUT2D eigenvalue weighted by Crippen LogP contribution is 2.44. The Labute approximate surface area is 161 Å². The normalized spacial score (nSPS) is 13.4. The van der Waals surface area contributed by atoms with Crippen molar-refractivity contribution in [3.8, 4) is 11.1 Å². The van der Waals surface area contributed by atoms with Gasteiger partial charge in [0, 0.05) is 10.8 Å². The maximum atomic E-state index is 12.3. The first-order valence-corrected chi connectivity index (χ1v) is 8.90. The van der Waals surface area contributed by atoms with E-state index in [4.69, 9.17) is 9.15 Å². The lowest BCUT2D eigenvalue weighted by Crippen LogP contribution is -2.34. The largest absolute Gasteiger partial charge is 0.467 e. The molecule has 7 nitrogen and oxygen atoms in total. The monoisotopic (exact) mass is 378 g/mol. The molecule has 2 aromatic carbocycles. The SMILES string of the molecule is O=C(N[C@H](C[N+](=O)[O-])c1ccco1)OCC1c2ccccc2-c2ccccc21. The van der Waals surface area contributed by atoms with Gasteiger partial charge in [0.15, 0.2) is 6.04 Å². The van der Waals surface area contributed by atoms with Crippen LogP contribution in [-0.4, -0.2) is 24.2 Å². The van der Waals surface area contributed by atoms with Crippen molar-refractivity contribution >= 4 is 6.09 Å². The summed E-state index contributed by atoms with van der Waals surface area (Å²) in [5.41, 5.74) is 4.47. The molecule has 1 aliphatic carbocycles. The molecular weight excluding hydrogens is 360 g/mol. The van der Waals surface area contributed by atoms with E-state index >= 15 is 0 Å². The van der Waals surface area contributed by atoms with E-state index < -0.39 is 23.6 Å². The van der Waals surface area contributed by atoms with Crippen molar-refractivity contribution in [3.05, 3.63) is 93.9 Å². The highest BCUT2D eigenvalue weighted by molar-refractivity contribution is 5.79. The molecule has 1 aromatic heterocycles. The minimum atomic E-state index is -0.888. The summed E-state index contributed by atoms with van der Waals surface area (Å²) in [5, 5.41) is 13.4. The fourth-order valence-corrected chi connectivity index (χ4v) is 3.63. The quantitative estimate of drug-likeness (QED) is 0.514. The Morgan fingerprint density at radius 2 is 1.71 bits per heavy atom. The van der Waals surface area contributed by atoms with Crippen LogP contribution in [0, 0.1) is 10.1 Å². The third-order valence-electron chi connectivity index (χ3n) is 4.85. The molecule has 1 heterocycles. The second-order valence-corrected chi connectivity index (χ2v) is 6.55. The number of ether oxygens (including phenoxy) is 1. The van der Waals surface area contributed by atoms with Crippen molar-refractivity contribution in [2.75, 3.05) is 13.2 Å². The Kier molecular flexibility index (Phi) is 4.80. The van der Waals surface area contributed by atoms with Gasteiger partial charge in [0.05, 0.1) is 6.26 Å². The molecule has 3 aromatic rings. The van der Waals surface area contributed by atoms with Crippen LogP contribution in [0.5, 0.6) is 0 Å². The molecule has 1 atom stereocenters. The third kappa shape index (κ3) is 3.46. The molecule has 0 spiro atoms. The number of hydrogen-bond donors (Lipinski definition) is 1. The molecule has 1 aliphatic rings. The van der Waals surface area contributed by atoms with E-state index in [1.807, 2.05) is 36.4 Å². The predicted molar refractivity (Wildman–Crippen MR) is 102 cm³/mol. The Morgan fingerprint density at radius 3 is 2.29 bits per heavy atom. The Hall–Kier alpha value is -3.61. The van der Waals surface area contributed by atoms with Gasteiger partial charge in [0.25, 0.3) is 0 Å². The van der Waals surface area contributed by atoms with Crippen LogP contribution >= 0.6 is 0 Å². The minimum Gasteiger partial charge on any atom is -0.467 e. The van der Waals surface area contributed by atoms with Crippen LogP contribution in [0.2, 0.25) is 0 Å². The van der Waals surface area contributed by atoms with Crippen LogP contribution in [0.4, 0.5) is 4.79 Å². The predicted octanol–water partition coefficient (Wildman–Crippen LogP) is 4.14. The number of alkyl carbamates (subject to hydrolysis) is 1. The van der Waals surface area contributed by atoms with Gasteiger partial charge in [0.1, 0.15) is 12.4 Å². The standard InChI is InChI=1S/C21H18N2O5/c24-21(22-19(12-23(25)26)20-10-5-11-27-20)28-13-18-16-8-3-1-6-14(16)15-7-2-4-9-17(15)18/h1-11,18-19H,12-13H2,(H,22,24)/t19-/m1/s1. The lowest BCUT2D eigenvalue weighted by molar-refractivity contribution is -0.484. The van der Waals surface area contributed by atoms with E-state index in [0.717, 1.165) is 22.3 Å². The van der Waals surface area contributed by atoms with Crippen molar-refractivity contribution in [1.82, 2.24) is 5.32 Å². The summed E-state index contributed by atoms with van der Waals surface area (Å²) in [6, 6.07) is 18.4. The number of rotatable bonds is 6. The Balaban J connectivity index is 1.47. The molecule has 1 N–H and O–H groups in total. The Morgan fingerprint density at radius 1 is 1.07 bits per heavy atom. The van der Waals surface area contributed by atoms with Crippen molar-refractivity contribution in [2.45, 2.75) is 12.0 Å². The molecule has 0 bridgehead atoms. The van der Waals surface area contributed by atoms with E-state index in [0.29, 0.717) is 5.76 Å². The van der Waals surface area contributed by atoms with Crippen molar-refractivity contribution in [3.63, 3.8) is 0 Å². The highest BCUT2D eigenvalue weighted by atomic mass is 16.6. The van der Waals surface area contributed by atoms with Crippen LogP contribution in [0.1, 0.15) is 28.8 Å². The number of nitro groups is 1. The van der Waals surface area contributed by atoms with Gasteiger partial charge in [-0.3, -0.25) is 10.1 Å². The molecular formula is C21H18N2O5. The first-order chi connectivity index (χ1) is 13.6. The molecule has 4 rings (SSSR count). The minimum absolute atomic E-state index is 0.0734. The summed E-state index contributed by atoms with van der Waals surface area (Å²) in [4.78, 5) is 22.7. The van der Waals surface area contributed by atoms with E-state index in [-0.39, 0.29) is 12.5 Å². The molecule has 0 saturated heterocycles. The number of furan rings is 1. The number of benzene rings is 2. The zero-order valence-corrected chi connectivity index (χ0v) is 14.9. The first-order valence-electron chi connectivity index (χ1n) is 8.90. The average Bonchev–Trinajstić information content (AvgIpc) is 3.32. The van der Waals surface area contributed by atoms with Gasteiger partial charge in [-0.25, -0.2) is 4.79 Å². The lowest BCUT2D eigenvalue weighted by atomic mass is 9.98. The van der Waals surface area contributed by atoms with Crippen LogP contribution in [-0.2, 0) is 4.74 Å². The van der Waals surface area contributed by atoms with E-state index in [1.54, 1.807) is 12.1 Å². The van der Waals surface area contributed by atoms with Crippen LogP contribution in [0.25, 0.3) is 11.1 Å². The summed E-state index contributed by atoms with van der Waals surface area (Å²) in [5.74, 6) is 0.237. The van der Waals surface area contributed by atoms with Crippen LogP contribution in [0.3, 0.4) is 0 Å². The van der Waals surface area contributed by atoms with Crippen LogP contribution < -0.4 is 5.32 Å². The van der Waals surface area contributed by atoms with Gasteiger partial charge in [-0.2, -0.15) is 0 Å². The highest BCUT2D eigenvalue weighted by Gasteiger charge is 2.30. The van der Waals surface area contributed by atoms with Crippen molar-refractivity contribution in [2.24, 2.45) is 0 Å². The van der Waals surface area contributed by atoms with Crippen molar-refractivity contribution in [1.29, 1.82) is 0 Å². The average molecular weight is 378 g/mol. The van der Waals surface area contributed by atoms with Crippen LogP contribution in [0.15, 0.2) is 71.3 Å². The summed E-state index contributed by atoms with van der Waals surface area (Å²) < 4.78 is 10.6. The number of hydrogen-bond acceptors (Lipinski definition) is 5. The number of fused-ring (bicyclic) bond motifs is 3. The molecule has 7 heteroatoms. The van der Waals surface area contributed by atoms with Gasteiger partial charge < -0.3 is 14.5 Å². The smallest absolute Gasteiger partial charge is 0.407 e. The maximum absolute atomic E-state index is 12.3. The summed E-state index contributed by atoms with van der Waals surface area (Å²) >= 11 is 0. The molecule has 0 aliphatic heterocycles. The first kappa shape index (κ1) is 17.8. The number of amides is 1. The lowest BCUT2D eigenvalue weighted by Gasteiger charge is -2.16. The second-order valence-electron chi connectivity index (χ2n) is 6.55. The Bertz CT molecular complexity index is 954. The summed E-state index contributed by atoms with van der Waals surface area (Å²) in [6.07, 6.45) is 0.687. The zero-order valence-electron chi connectivity index (χ0n) is 14.9. The number of nitrogens with one attached hydrogen (secondary N) is 1. The molecule has 142 valence electrons.